The van der Waals surface area contributed by atoms with Gasteiger partial charge in [-0.15, -0.1) is 11.6 Å². The SMILES string of the molecule is CCCCCCCCCCCCC(C#N)CCl. The van der Waals surface area contributed by atoms with E-state index in [0.29, 0.717) is 5.88 Å². The minimum atomic E-state index is 0.0747. The molecule has 0 fully saturated rings. The summed E-state index contributed by atoms with van der Waals surface area (Å²) in [5, 5.41) is 8.74. The molecule has 1 nitrogen and oxygen atoms in total. The molecule has 0 rings (SSSR count). The molecular weight excluding hydrogens is 230 g/mol. The third kappa shape index (κ3) is 12.0. The molecule has 0 aromatic heterocycles. The van der Waals surface area contributed by atoms with Crippen LogP contribution in [0.1, 0.15) is 77.6 Å². The first-order chi connectivity index (χ1) is 8.35. The van der Waals surface area contributed by atoms with E-state index >= 15 is 0 Å². The van der Waals surface area contributed by atoms with Gasteiger partial charge in [0.2, 0.25) is 0 Å². The van der Waals surface area contributed by atoms with Crippen molar-refractivity contribution in [1.82, 2.24) is 0 Å². The summed E-state index contributed by atoms with van der Waals surface area (Å²) in [4.78, 5) is 0. The normalized spacial score (nSPS) is 12.3. The highest BCUT2D eigenvalue weighted by Crippen LogP contribution is 2.14. The zero-order chi connectivity index (χ0) is 12.8. The molecule has 0 spiro atoms. The van der Waals surface area contributed by atoms with Gasteiger partial charge in [0.15, 0.2) is 0 Å². The Bertz CT molecular complexity index is 186. The van der Waals surface area contributed by atoms with Crippen LogP contribution in [0.5, 0.6) is 0 Å². The van der Waals surface area contributed by atoms with Gasteiger partial charge in [0.05, 0.1) is 12.0 Å². The molecule has 0 radical (unpaired) electrons. The Hall–Kier alpha value is -0.220. The van der Waals surface area contributed by atoms with Crippen molar-refractivity contribution < 1.29 is 0 Å². The van der Waals surface area contributed by atoms with Gasteiger partial charge in [-0.2, -0.15) is 5.26 Å². The monoisotopic (exact) mass is 257 g/mol. The van der Waals surface area contributed by atoms with E-state index in [1.54, 1.807) is 0 Å². The fourth-order valence-electron chi connectivity index (χ4n) is 2.05. The minimum Gasteiger partial charge on any atom is -0.198 e. The summed E-state index contributed by atoms with van der Waals surface area (Å²) in [7, 11) is 0. The van der Waals surface area contributed by atoms with Crippen LogP contribution in [0.15, 0.2) is 0 Å². The zero-order valence-electron chi connectivity index (χ0n) is 11.4. The Morgan fingerprint density at radius 1 is 0.882 bits per heavy atom. The van der Waals surface area contributed by atoms with Crippen LogP contribution in [0.4, 0.5) is 0 Å². The summed E-state index contributed by atoms with van der Waals surface area (Å²) >= 11 is 5.67. The van der Waals surface area contributed by atoms with Gasteiger partial charge in [-0.3, -0.25) is 0 Å². The van der Waals surface area contributed by atoms with Crippen molar-refractivity contribution in [3.63, 3.8) is 0 Å². The zero-order valence-corrected chi connectivity index (χ0v) is 12.1. The van der Waals surface area contributed by atoms with Crippen LogP contribution in [0.2, 0.25) is 0 Å². The van der Waals surface area contributed by atoms with Crippen LogP contribution in [0.3, 0.4) is 0 Å². The van der Waals surface area contributed by atoms with Gasteiger partial charge in [0.25, 0.3) is 0 Å². The van der Waals surface area contributed by atoms with E-state index in [2.05, 4.69) is 13.0 Å². The highest BCUT2D eigenvalue weighted by Gasteiger charge is 2.04. The summed E-state index contributed by atoms with van der Waals surface area (Å²) in [6.45, 7) is 2.26. The molecule has 0 saturated heterocycles. The Morgan fingerprint density at radius 2 is 1.35 bits per heavy atom. The van der Waals surface area contributed by atoms with E-state index in [1.807, 2.05) is 0 Å². The second-order valence-electron chi connectivity index (χ2n) is 4.95. The van der Waals surface area contributed by atoms with Crippen molar-refractivity contribution in [2.45, 2.75) is 77.6 Å². The lowest BCUT2D eigenvalue weighted by Crippen LogP contribution is -1.98. The Labute approximate surface area is 113 Å². The third-order valence-corrected chi connectivity index (χ3v) is 3.65. The Kier molecular flexibility index (Phi) is 13.7. The molecule has 17 heavy (non-hydrogen) atoms. The van der Waals surface area contributed by atoms with Crippen molar-refractivity contribution in [2.24, 2.45) is 5.92 Å². The molecule has 2 heteroatoms. The van der Waals surface area contributed by atoms with Crippen molar-refractivity contribution in [2.75, 3.05) is 5.88 Å². The number of alkyl halides is 1. The van der Waals surface area contributed by atoms with Crippen LogP contribution in [-0.4, -0.2) is 5.88 Å². The summed E-state index contributed by atoms with van der Waals surface area (Å²) in [5.41, 5.74) is 0. The van der Waals surface area contributed by atoms with Gasteiger partial charge in [0.1, 0.15) is 0 Å². The van der Waals surface area contributed by atoms with Gasteiger partial charge in [-0.25, -0.2) is 0 Å². The molecule has 0 aliphatic rings. The van der Waals surface area contributed by atoms with Crippen molar-refractivity contribution in [3.8, 4) is 6.07 Å². The van der Waals surface area contributed by atoms with E-state index in [4.69, 9.17) is 16.9 Å². The maximum Gasteiger partial charge on any atom is 0.0668 e. The fraction of sp³-hybridized carbons (Fsp3) is 0.933. The number of unbranched alkanes of at least 4 members (excludes halogenated alkanes) is 9. The van der Waals surface area contributed by atoms with Crippen LogP contribution >= 0.6 is 11.6 Å². The first-order valence-electron chi connectivity index (χ1n) is 7.30. The molecule has 0 aliphatic heterocycles. The lowest BCUT2D eigenvalue weighted by molar-refractivity contribution is 0.531. The van der Waals surface area contributed by atoms with Crippen LogP contribution < -0.4 is 0 Å². The predicted octanol–water partition coefficient (Wildman–Crippen LogP) is 5.68. The summed E-state index contributed by atoms with van der Waals surface area (Å²) in [6.07, 6.45) is 14.5. The molecule has 0 aromatic carbocycles. The third-order valence-electron chi connectivity index (χ3n) is 3.27. The fourth-order valence-corrected chi connectivity index (χ4v) is 2.28. The minimum absolute atomic E-state index is 0.0747. The summed E-state index contributed by atoms with van der Waals surface area (Å²) < 4.78 is 0. The average Bonchev–Trinajstić information content (AvgIpc) is 2.36. The van der Waals surface area contributed by atoms with E-state index in [1.165, 1.54) is 64.2 Å². The smallest absolute Gasteiger partial charge is 0.0668 e. The van der Waals surface area contributed by atoms with Crippen molar-refractivity contribution in [1.29, 1.82) is 5.26 Å². The van der Waals surface area contributed by atoms with Crippen LogP contribution in [0, 0.1) is 17.2 Å². The molecular formula is C15H28ClN. The summed E-state index contributed by atoms with van der Waals surface area (Å²) in [5.74, 6) is 0.569. The Morgan fingerprint density at radius 3 is 1.76 bits per heavy atom. The lowest BCUT2D eigenvalue weighted by atomic mass is 10.0. The second kappa shape index (κ2) is 13.8. The number of halogens is 1. The van der Waals surface area contributed by atoms with Crippen molar-refractivity contribution in [3.05, 3.63) is 0 Å². The van der Waals surface area contributed by atoms with Gasteiger partial charge in [-0.1, -0.05) is 71.1 Å². The maximum absolute atomic E-state index is 8.74. The highest BCUT2D eigenvalue weighted by atomic mass is 35.5. The van der Waals surface area contributed by atoms with Gasteiger partial charge in [-0.05, 0) is 6.42 Å². The predicted molar refractivity (Wildman–Crippen MR) is 76.3 cm³/mol. The van der Waals surface area contributed by atoms with Crippen molar-refractivity contribution >= 4 is 11.6 Å². The molecule has 0 saturated carbocycles. The number of hydrogen-bond donors (Lipinski definition) is 0. The van der Waals surface area contributed by atoms with Gasteiger partial charge in [0, 0.05) is 5.88 Å². The maximum atomic E-state index is 8.74. The molecule has 1 atom stereocenters. The van der Waals surface area contributed by atoms with Crippen LogP contribution in [-0.2, 0) is 0 Å². The number of nitrogens with zero attached hydrogens (tertiary/aromatic N) is 1. The quantitative estimate of drug-likeness (QED) is 0.326. The van der Waals surface area contributed by atoms with Gasteiger partial charge >= 0.3 is 0 Å². The topological polar surface area (TPSA) is 23.8 Å². The molecule has 0 aromatic rings. The first kappa shape index (κ1) is 16.8. The molecule has 100 valence electrons. The molecule has 0 N–H and O–H groups in total. The lowest BCUT2D eigenvalue weighted by Gasteiger charge is -2.04. The van der Waals surface area contributed by atoms with E-state index in [-0.39, 0.29) is 5.92 Å². The molecule has 0 bridgehead atoms. The van der Waals surface area contributed by atoms with E-state index in [9.17, 15) is 0 Å². The number of rotatable bonds is 12. The van der Waals surface area contributed by atoms with Gasteiger partial charge < -0.3 is 0 Å². The standard InChI is InChI=1S/C15H28ClN/c1-2-3-4-5-6-7-8-9-10-11-12-15(13-16)14-17/h15H,2-13H2,1H3. The average molecular weight is 258 g/mol. The van der Waals surface area contributed by atoms with Crippen LogP contribution in [0.25, 0.3) is 0 Å². The second-order valence-corrected chi connectivity index (χ2v) is 5.26. The number of hydrogen-bond acceptors (Lipinski definition) is 1. The molecule has 0 amide bonds. The largest absolute Gasteiger partial charge is 0.198 e. The van der Waals surface area contributed by atoms with E-state index < -0.39 is 0 Å². The first-order valence-corrected chi connectivity index (χ1v) is 7.84. The molecule has 1 unspecified atom stereocenters. The highest BCUT2D eigenvalue weighted by molar-refractivity contribution is 6.18. The van der Waals surface area contributed by atoms with E-state index in [0.717, 1.165) is 6.42 Å². The summed E-state index contributed by atoms with van der Waals surface area (Å²) in [6, 6.07) is 2.25. The Balaban J connectivity index is 3.06. The molecule has 0 aliphatic carbocycles. The molecule has 0 heterocycles. The number of nitriles is 1.